The minimum Gasteiger partial charge on any atom is -0.0648 e. The van der Waals surface area contributed by atoms with Crippen LogP contribution in [0.4, 0.5) is 0 Å². The van der Waals surface area contributed by atoms with Gasteiger partial charge in [0.15, 0.2) is 0 Å². The molecule has 0 spiro atoms. The highest BCUT2D eigenvalue weighted by molar-refractivity contribution is 5.00. The van der Waals surface area contributed by atoms with Crippen LogP contribution in [-0.2, 0) is 0 Å². The average Bonchev–Trinajstić information content (AvgIpc) is 2.19. The van der Waals surface area contributed by atoms with Crippen LogP contribution in [0.1, 0.15) is 66.7 Å². The molecule has 0 nitrogen and oxygen atoms in total. The molecule has 15 heavy (non-hydrogen) atoms. The highest BCUT2D eigenvalue weighted by Crippen LogP contribution is 2.45. The molecule has 0 aromatic heterocycles. The van der Waals surface area contributed by atoms with Crippen LogP contribution < -0.4 is 0 Å². The average molecular weight is 209 g/mol. The van der Waals surface area contributed by atoms with Gasteiger partial charge in [0.1, 0.15) is 0 Å². The minimum absolute atomic E-state index is 0.860. The Kier molecular flexibility index (Phi) is 5.15. The predicted octanol–water partition coefficient (Wildman–Crippen LogP) is 5.09. The van der Waals surface area contributed by atoms with Crippen molar-refractivity contribution in [3.8, 4) is 0 Å². The molecule has 0 N–H and O–H groups in total. The number of hydrogen-bond donors (Lipinski definition) is 0. The molecule has 0 aromatic carbocycles. The van der Waals surface area contributed by atoms with E-state index < -0.39 is 0 Å². The number of hydrogen-bond acceptors (Lipinski definition) is 0. The molecule has 0 saturated heterocycles. The largest absolute Gasteiger partial charge is 0.0648 e. The fourth-order valence-corrected chi connectivity index (χ4v) is 3.81. The monoisotopic (exact) mass is 209 g/mol. The maximum atomic E-state index is 2.47. The third-order valence-electron chi connectivity index (χ3n) is 4.50. The molecule has 1 saturated carbocycles. The Balaban J connectivity index is 2.73. The van der Waals surface area contributed by atoms with Crippen molar-refractivity contribution >= 4 is 0 Å². The van der Waals surface area contributed by atoms with Crippen LogP contribution in [0.3, 0.4) is 0 Å². The SMILES string of the molecule is CC[C](CC)C1CCCC(C)C1C(C)C. The highest BCUT2D eigenvalue weighted by atomic mass is 14.4. The maximum Gasteiger partial charge on any atom is -0.0213 e. The van der Waals surface area contributed by atoms with Crippen molar-refractivity contribution in [2.24, 2.45) is 23.7 Å². The minimum atomic E-state index is 0.860. The van der Waals surface area contributed by atoms with E-state index in [-0.39, 0.29) is 0 Å². The van der Waals surface area contributed by atoms with Gasteiger partial charge in [-0.25, -0.2) is 0 Å². The molecule has 0 heterocycles. The molecule has 89 valence electrons. The van der Waals surface area contributed by atoms with Crippen LogP contribution in [0.15, 0.2) is 0 Å². The predicted molar refractivity (Wildman–Crippen MR) is 68.7 cm³/mol. The van der Waals surface area contributed by atoms with Gasteiger partial charge < -0.3 is 0 Å². The normalized spacial score (nSPS) is 32.6. The Hall–Kier alpha value is 0. The summed E-state index contributed by atoms with van der Waals surface area (Å²) in [6.07, 6.45) is 6.98. The summed E-state index contributed by atoms with van der Waals surface area (Å²) in [6.45, 7) is 12.0. The summed E-state index contributed by atoms with van der Waals surface area (Å²) in [6, 6.07) is 0. The quantitative estimate of drug-likeness (QED) is 0.605. The topological polar surface area (TPSA) is 0 Å². The van der Waals surface area contributed by atoms with Gasteiger partial charge in [0, 0.05) is 0 Å². The fourth-order valence-electron chi connectivity index (χ4n) is 3.81. The van der Waals surface area contributed by atoms with Gasteiger partial charge in [-0.05, 0) is 48.9 Å². The van der Waals surface area contributed by atoms with Gasteiger partial charge in [-0.2, -0.15) is 0 Å². The lowest BCUT2D eigenvalue weighted by atomic mass is 9.63. The zero-order chi connectivity index (χ0) is 11.4. The second-order valence-corrected chi connectivity index (χ2v) is 5.70. The molecule has 1 radical (unpaired) electrons. The molecule has 0 amide bonds. The molecule has 1 fully saturated rings. The Morgan fingerprint density at radius 1 is 1.13 bits per heavy atom. The maximum absolute atomic E-state index is 2.47. The summed E-state index contributed by atoms with van der Waals surface area (Å²) < 4.78 is 0. The van der Waals surface area contributed by atoms with Crippen molar-refractivity contribution in [1.29, 1.82) is 0 Å². The van der Waals surface area contributed by atoms with Crippen molar-refractivity contribution < 1.29 is 0 Å². The third kappa shape index (κ3) is 2.98. The van der Waals surface area contributed by atoms with E-state index >= 15 is 0 Å². The molecular weight excluding hydrogens is 180 g/mol. The molecule has 1 aliphatic carbocycles. The number of rotatable bonds is 4. The standard InChI is InChI=1S/C15H29/c1-6-13(7-2)14-10-8-9-12(5)15(14)11(3)4/h11-12,14-15H,6-10H2,1-5H3. The van der Waals surface area contributed by atoms with Crippen molar-refractivity contribution in [3.63, 3.8) is 0 Å². The van der Waals surface area contributed by atoms with Gasteiger partial charge in [-0.1, -0.05) is 47.5 Å². The lowest BCUT2D eigenvalue weighted by Gasteiger charge is -2.42. The summed E-state index contributed by atoms with van der Waals surface area (Å²) in [4.78, 5) is 0. The van der Waals surface area contributed by atoms with E-state index in [4.69, 9.17) is 0 Å². The molecule has 0 bridgehead atoms. The second-order valence-electron chi connectivity index (χ2n) is 5.70. The highest BCUT2D eigenvalue weighted by Gasteiger charge is 2.36. The molecular formula is C15H29. The fraction of sp³-hybridized carbons (Fsp3) is 0.933. The zero-order valence-corrected chi connectivity index (χ0v) is 11.3. The summed E-state index contributed by atoms with van der Waals surface area (Å²) in [5.74, 6) is 5.52. The van der Waals surface area contributed by atoms with Crippen molar-refractivity contribution in [2.75, 3.05) is 0 Å². The molecule has 1 aliphatic rings. The van der Waals surface area contributed by atoms with E-state index in [9.17, 15) is 0 Å². The first-order valence-corrected chi connectivity index (χ1v) is 6.96. The van der Waals surface area contributed by atoms with Crippen LogP contribution in [0.5, 0.6) is 0 Å². The molecule has 0 aromatic rings. The van der Waals surface area contributed by atoms with E-state index in [1.54, 1.807) is 0 Å². The van der Waals surface area contributed by atoms with Gasteiger partial charge in [0.2, 0.25) is 0 Å². The van der Waals surface area contributed by atoms with Crippen LogP contribution in [-0.4, -0.2) is 0 Å². The van der Waals surface area contributed by atoms with Gasteiger partial charge in [0.25, 0.3) is 0 Å². The first-order chi connectivity index (χ1) is 7.11. The van der Waals surface area contributed by atoms with Crippen LogP contribution >= 0.6 is 0 Å². The lowest BCUT2D eigenvalue weighted by molar-refractivity contribution is 0.119. The van der Waals surface area contributed by atoms with E-state index in [2.05, 4.69) is 34.6 Å². The van der Waals surface area contributed by atoms with E-state index in [1.165, 1.54) is 32.1 Å². The van der Waals surface area contributed by atoms with Crippen molar-refractivity contribution in [3.05, 3.63) is 5.92 Å². The van der Waals surface area contributed by atoms with E-state index in [1.807, 2.05) is 5.92 Å². The lowest BCUT2D eigenvalue weighted by Crippen LogP contribution is -2.34. The Morgan fingerprint density at radius 2 is 1.73 bits per heavy atom. The van der Waals surface area contributed by atoms with Crippen LogP contribution in [0.25, 0.3) is 0 Å². The first kappa shape index (κ1) is 13.1. The summed E-state index contributed by atoms with van der Waals surface area (Å²) >= 11 is 0. The summed E-state index contributed by atoms with van der Waals surface area (Å²) in [5.41, 5.74) is 0. The second kappa shape index (κ2) is 5.92. The molecule has 3 atom stereocenters. The summed E-state index contributed by atoms with van der Waals surface area (Å²) in [5, 5.41) is 0. The van der Waals surface area contributed by atoms with Crippen LogP contribution in [0, 0.1) is 29.6 Å². The van der Waals surface area contributed by atoms with Gasteiger partial charge in [-0.15, -0.1) is 0 Å². The molecule has 1 rings (SSSR count). The third-order valence-corrected chi connectivity index (χ3v) is 4.50. The molecule has 0 heteroatoms. The smallest absolute Gasteiger partial charge is 0.0213 e. The Labute approximate surface area is 96.8 Å². The first-order valence-electron chi connectivity index (χ1n) is 6.96. The zero-order valence-electron chi connectivity index (χ0n) is 11.3. The molecule has 0 aliphatic heterocycles. The van der Waals surface area contributed by atoms with Crippen molar-refractivity contribution in [1.82, 2.24) is 0 Å². The Bertz CT molecular complexity index is 167. The Morgan fingerprint density at radius 3 is 2.20 bits per heavy atom. The van der Waals surface area contributed by atoms with Crippen LogP contribution in [0.2, 0.25) is 0 Å². The summed E-state index contributed by atoms with van der Waals surface area (Å²) in [7, 11) is 0. The molecule has 3 unspecified atom stereocenters. The van der Waals surface area contributed by atoms with Gasteiger partial charge >= 0.3 is 0 Å². The van der Waals surface area contributed by atoms with Gasteiger partial charge in [0.05, 0.1) is 0 Å². The van der Waals surface area contributed by atoms with Gasteiger partial charge in [-0.3, -0.25) is 0 Å². The van der Waals surface area contributed by atoms with Crippen molar-refractivity contribution in [2.45, 2.75) is 66.7 Å². The van der Waals surface area contributed by atoms with E-state index in [0.29, 0.717) is 0 Å². The van der Waals surface area contributed by atoms with E-state index in [0.717, 1.165) is 23.7 Å².